The van der Waals surface area contributed by atoms with E-state index in [1.54, 1.807) is 0 Å². The number of hydrogen-bond donors (Lipinski definition) is 2. The minimum absolute atomic E-state index is 0. The van der Waals surface area contributed by atoms with Crippen molar-refractivity contribution in [2.24, 2.45) is 16.3 Å². The Morgan fingerprint density at radius 1 is 1.56 bits per heavy atom. The first-order chi connectivity index (χ1) is 3.65. The molecule has 3 N–H and O–H groups in total. The number of rotatable bonds is 0. The van der Waals surface area contributed by atoms with Crippen LogP contribution in [0.25, 0.3) is 0 Å². The van der Waals surface area contributed by atoms with Crippen LogP contribution in [0.1, 0.15) is 0 Å². The maximum Gasteiger partial charge on any atom is 1.00 e. The van der Waals surface area contributed by atoms with Gasteiger partial charge in [0.1, 0.15) is 0 Å². The molecule has 0 aliphatic heterocycles. The first-order valence-electron chi connectivity index (χ1n) is 1.21. The van der Waals surface area contributed by atoms with Gasteiger partial charge in [0, 0.05) is 5.28 Å². The predicted octanol–water partition coefficient (Wildman–Crippen LogP) is -3.53. The van der Waals surface area contributed by atoms with Gasteiger partial charge in [-0.2, -0.15) is 0 Å². The van der Waals surface area contributed by atoms with E-state index in [1.165, 1.54) is 0 Å². The third-order valence-electron chi connectivity index (χ3n) is 0.0516. The molecule has 0 unspecified atom stereocenters. The summed E-state index contributed by atoms with van der Waals surface area (Å²) in [5.74, 6) is 4.24. The van der Waals surface area contributed by atoms with Crippen molar-refractivity contribution < 1.29 is 39.9 Å². The molecule has 9 heteroatoms. The molecule has 0 amide bonds. The largest absolute Gasteiger partial charge is 1.00 e. The van der Waals surface area contributed by atoms with Gasteiger partial charge in [0.15, 0.2) is 0 Å². The second kappa shape index (κ2) is 15.7. The van der Waals surface area contributed by atoms with Crippen LogP contribution in [-0.2, 0) is 0 Å². The summed E-state index contributed by atoms with van der Waals surface area (Å²) >= 11 is 0. The molecule has 0 aromatic heterocycles. The molecule has 0 aromatic rings. The van der Waals surface area contributed by atoms with E-state index in [2.05, 4.69) is 16.3 Å². The summed E-state index contributed by atoms with van der Waals surface area (Å²) < 4.78 is 0. The van der Waals surface area contributed by atoms with Gasteiger partial charge in [-0.25, -0.2) is 0 Å². The zero-order valence-electron chi connectivity index (χ0n) is 4.59. The van der Waals surface area contributed by atoms with Crippen LogP contribution in [0.3, 0.4) is 0 Å². The molecule has 0 fully saturated rings. The quantitative estimate of drug-likeness (QED) is 0.120. The Labute approximate surface area is 71.7 Å². The summed E-state index contributed by atoms with van der Waals surface area (Å²) in [5.41, 5.74) is 0. The van der Waals surface area contributed by atoms with Gasteiger partial charge in [-0.05, 0) is 5.22 Å². The molecule has 0 heterocycles. The molecule has 0 rings (SSSR count). The van der Waals surface area contributed by atoms with Gasteiger partial charge in [0.2, 0.25) is 0 Å². The predicted molar refractivity (Wildman–Crippen MR) is 21.2 cm³/mol. The first-order valence-corrected chi connectivity index (χ1v) is 1.21. The smallest absolute Gasteiger partial charge is 0.393 e. The Kier molecular flexibility index (Phi) is 27.4. The maximum absolute atomic E-state index is 8.25. The summed E-state index contributed by atoms with van der Waals surface area (Å²) in [4.78, 5) is 8.25. The Bertz CT molecular complexity index is 72.6. The van der Waals surface area contributed by atoms with Crippen LogP contribution in [0, 0.1) is 15.3 Å². The molecule has 48 valence electrons. The molecule has 0 aliphatic rings. The Hall–Kier alpha value is -0.600. The minimum atomic E-state index is -1.75. The Morgan fingerprint density at radius 3 is 1.67 bits per heavy atom. The van der Waals surface area contributed by atoms with E-state index in [-0.39, 0.29) is 29.6 Å². The first kappa shape index (κ1) is 15.8. The third kappa shape index (κ3) is 1350. The van der Waals surface area contributed by atoms with Crippen LogP contribution >= 0.6 is 0 Å². The Morgan fingerprint density at radius 2 is 1.67 bits per heavy atom. The van der Waals surface area contributed by atoms with Crippen molar-refractivity contribution in [3.05, 3.63) is 15.3 Å². The van der Waals surface area contributed by atoms with Crippen molar-refractivity contribution >= 4 is 0 Å². The second-order valence-corrected chi connectivity index (χ2v) is 0.429. The fourth-order valence-corrected chi connectivity index (χ4v) is 0. The van der Waals surface area contributed by atoms with Crippen molar-refractivity contribution in [3.63, 3.8) is 0 Å². The summed E-state index contributed by atoms with van der Waals surface area (Å²) in [6.07, 6.45) is 0. The van der Waals surface area contributed by atoms with E-state index in [4.69, 9.17) is 20.5 Å². The average molecular weight is 146 g/mol. The fourth-order valence-electron chi connectivity index (χ4n) is 0. The molecule has 0 aromatic carbocycles. The monoisotopic (exact) mass is 146 g/mol. The van der Waals surface area contributed by atoms with Gasteiger partial charge in [-0.3, -0.25) is 0 Å². The van der Waals surface area contributed by atoms with Gasteiger partial charge >= 0.3 is 29.6 Å². The zero-order chi connectivity index (χ0) is 6.99. The molecule has 9 heavy (non-hydrogen) atoms. The van der Waals surface area contributed by atoms with Crippen molar-refractivity contribution in [1.29, 1.82) is 0 Å². The van der Waals surface area contributed by atoms with Gasteiger partial charge < -0.3 is 26.4 Å². The Balaban J connectivity index is -0.0000000720. The average Bonchev–Trinajstić information content (AvgIpc) is 1.65. The molecule has 0 saturated carbocycles. The van der Waals surface area contributed by atoms with Crippen LogP contribution in [0.4, 0.5) is 0 Å². The third-order valence-corrected chi connectivity index (χ3v) is 0.0516. The van der Waals surface area contributed by atoms with E-state index >= 15 is 0 Å². The molecule has 0 radical (unpaired) electrons. The number of hydrogen-bond acceptors (Lipinski definition) is 5. The van der Waals surface area contributed by atoms with Gasteiger partial charge in [-0.1, -0.05) is 0 Å². The molecular formula is H3N4NaO4. The van der Waals surface area contributed by atoms with Crippen molar-refractivity contribution in [2.75, 3.05) is 0 Å². The SMILES string of the molecule is NN=NO.O=[N+]([O-])[O-].[Na+]. The summed E-state index contributed by atoms with van der Waals surface area (Å²) in [6, 6.07) is 0. The van der Waals surface area contributed by atoms with Gasteiger partial charge in [-0.15, -0.1) is 0 Å². The number of nitrogens with zero attached hydrogens (tertiary/aromatic N) is 3. The second-order valence-electron chi connectivity index (χ2n) is 0.429. The van der Waals surface area contributed by atoms with Crippen LogP contribution in [0.2, 0.25) is 0 Å². The van der Waals surface area contributed by atoms with Gasteiger partial charge in [0.25, 0.3) is 0 Å². The van der Waals surface area contributed by atoms with Crippen LogP contribution in [-0.4, -0.2) is 10.3 Å². The molecule has 8 nitrogen and oxygen atoms in total. The maximum atomic E-state index is 8.25. The van der Waals surface area contributed by atoms with Crippen LogP contribution in [0.15, 0.2) is 10.5 Å². The van der Waals surface area contributed by atoms with Crippen molar-refractivity contribution in [2.45, 2.75) is 0 Å². The fraction of sp³-hybridized carbons (Fsp3) is 0. The topological polar surface area (TPSA) is 137 Å². The van der Waals surface area contributed by atoms with Crippen molar-refractivity contribution in [1.82, 2.24) is 0 Å². The van der Waals surface area contributed by atoms with Crippen LogP contribution < -0.4 is 35.4 Å². The standard InChI is InChI=1S/H3N3O.NO3.Na/c1-2-3-4;2-1(3)4;/h(H2,1,3)(H,2,4);;/q;-1;+1. The summed E-state index contributed by atoms with van der Waals surface area (Å²) in [7, 11) is 0. The van der Waals surface area contributed by atoms with E-state index in [0.29, 0.717) is 0 Å². The zero-order valence-corrected chi connectivity index (χ0v) is 6.59. The summed E-state index contributed by atoms with van der Waals surface area (Å²) in [6.45, 7) is 0. The molecule has 0 spiro atoms. The normalized spacial score (nSPS) is 6.67. The molecule has 0 saturated heterocycles. The molecule has 0 atom stereocenters. The number of nitrogens with two attached hydrogens (primary N) is 1. The summed E-state index contributed by atoms with van der Waals surface area (Å²) in [5, 5.41) is 26.5. The van der Waals surface area contributed by atoms with E-state index in [1.807, 2.05) is 0 Å². The van der Waals surface area contributed by atoms with E-state index < -0.39 is 5.09 Å². The molecular weight excluding hydrogens is 143 g/mol. The minimum Gasteiger partial charge on any atom is -0.393 e. The van der Waals surface area contributed by atoms with E-state index in [9.17, 15) is 0 Å². The van der Waals surface area contributed by atoms with Crippen LogP contribution in [0.5, 0.6) is 0 Å². The molecule has 0 aliphatic carbocycles. The van der Waals surface area contributed by atoms with Gasteiger partial charge in [0.05, 0.1) is 5.09 Å². The van der Waals surface area contributed by atoms with Crippen molar-refractivity contribution in [3.8, 4) is 0 Å². The molecule has 0 bridgehead atoms. The van der Waals surface area contributed by atoms with E-state index in [0.717, 1.165) is 0 Å².